The molecule has 0 aliphatic rings. The van der Waals surface area contributed by atoms with E-state index in [0.717, 1.165) is 0 Å². The highest BCUT2D eigenvalue weighted by Gasteiger charge is 2.06. The summed E-state index contributed by atoms with van der Waals surface area (Å²) in [6.07, 6.45) is 2.76. The molecule has 10 heavy (non-hydrogen) atoms. The number of H-pyrrole nitrogens is 1. The Bertz CT molecular complexity index is 266. The fraction of sp³-hybridized carbons (Fsp3) is 0. The maximum absolute atomic E-state index is 10.9. The molecule has 3 nitrogen and oxygen atoms in total. The second kappa shape index (κ2) is 2.79. The molecule has 0 aliphatic carbocycles. The number of nitrogens with zero attached hydrogens (tertiary/aromatic N) is 1. The van der Waals surface area contributed by atoms with Crippen LogP contribution in [0.25, 0.3) is 0 Å². The summed E-state index contributed by atoms with van der Waals surface area (Å²) in [6.45, 7) is 3.34. The van der Waals surface area contributed by atoms with Gasteiger partial charge < -0.3 is 0 Å². The molecule has 0 saturated carbocycles. The molecule has 0 aliphatic heterocycles. The minimum atomic E-state index is -0.163. The Kier molecular flexibility index (Phi) is 2.01. The molecule has 4 heteroatoms. The topological polar surface area (TPSA) is 45.8 Å². The van der Waals surface area contributed by atoms with E-state index in [0.29, 0.717) is 10.2 Å². The van der Waals surface area contributed by atoms with E-state index in [1.807, 2.05) is 0 Å². The van der Waals surface area contributed by atoms with Crippen molar-refractivity contribution in [1.29, 1.82) is 0 Å². The lowest BCUT2D eigenvalue weighted by Gasteiger charge is -1.87. The second-order valence-electron chi connectivity index (χ2n) is 1.66. The minimum Gasteiger partial charge on any atom is -0.288 e. The number of aromatic nitrogens is 2. The maximum atomic E-state index is 10.9. The smallest absolute Gasteiger partial charge is 0.204 e. The molecule has 0 spiro atoms. The summed E-state index contributed by atoms with van der Waals surface area (Å²) < 4.78 is 0.664. The highest BCUT2D eigenvalue weighted by molar-refractivity contribution is 9.10. The van der Waals surface area contributed by atoms with Gasteiger partial charge in [0.2, 0.25) is 5.78 Å². The van der Waals surface area contributed by atoms with Gasteiger partial charge in [0.1, 0.15) is 5.69 Å². The van der Waals surface area contributed by atoms with Gasteiger partial charge in [0.15, 0.2) is 0 Å². The van der Waals surface area contributed by atoms with Gasteiger partial charge in [0.25, 0.3) is 0 Å². The Morgan fingerprint density at radius 1 is 1.90 bits per heavy atom. The molecular weight excluding hydrogens is 196 g/mol. The van der Waals surface area contributed by atoms with Crippen LogP contribution in [-0.2, 0) is 0 Å². The molecule has 0 aromatic carbocycles. The van der Waals surface area contributed by atoms with Gasteiger partial charge in [-0.05, 0) is 22.0 Å². The fourth-order valence-corrected chi connectivity index (χ4v) is 0.933. The van der Waals surface area contributed by atoms with Crippen LogP contribution in [0.5, 0.6) is 0 Å². The summed E-state index contributed by atoms with van der Waals surface area (Å²) in [5, 5.41) is 6.19. The Morgan fingerprint density at radius 2 is 2.60 bits per heavy atom. The highest BCUT2D eigenvalue weighted by Crippen LogP contribution is 2.12. The highest BCUT2D eigenvalue weighted by atomic mass is 79.9. The largest absolute Gasteiger partial charge is 0.288 e. The van der Waals surface area contributed by atoms with Crippen molar-refractivity contribution in [2.45, 2.75) is 0 Å². The molecule has 1 aromatic heterocycles. The minimum absolute atomic E-state index is 0.163. The molecule has 1 heterocycles. The standard InChI is InChI=1S/C6H5BrN2O/c1-2-5(10)6-4(7)3-8-9-6/h2-3H,1H2,(H,8,9). The number of hydrogen-bond acceptors (Lipinski definition) is 2. The monoisotopic (exact) mass is 200 g/mol. The number of ketones is 1. The maximum Gasteiger partial charge on any atom is 0.204 e. The van der Waals surface area contributed by atoms with Gasteiger partial charge in [-0.1, -0.05) is 6.58 Å². The Labute approximate surface area is 66.3 Å². The van der Waals surface area contributed by atoms with Gasteiger partial charge in [0, 0.05) is 0 Å². The number of aromatic amines is 1. The fourth-order valence-electron chi connectivity index (χ4n) is 0.546. The van der Waals surface area contributed by atoms with Gasteiger partial charge >= 0.3 is 0 Å². The van der Waals surface area contributed by atoms with E-state index in [-0.39, 0.29) is 5.78 Å². The number of hydrogen-bond donors (Lipinski definition) is 1. The molecule has 0 radical (unpaired) electrons. The third-order valence-corrected chi connectivity index (χ3v) is 1.63. The summed E-state index contributed by atoms with van der Waals surface area (Å²) in [7, 11) is 0. The number of carbonyl (C=O) groups excluding carboxylic acids is 1. The number of nitrogens with one attached hydrogen (secondary N) is 1. The molecule has 0 fully saturated rings. The van der Waals surface area contributed by atoms with E-state index in [1.54, 1.807) is 0 Å². The van der Waals surface area contributed by atoms with Gasteiger partial charge in [-0.3, -0.25) is 9.89 Å². The molecule has 1 N–H and O–H groups in total. The number of carbonyl (C=O) groups is 1. The van der Waals surface area contributed by atoms with Crippen molar-refractivity contribution >= 4 is 21.7 Å². The molecule has 1 aromatic rings. The van der Waals surface area contributed by atoms with Gasteiger partial charge in [-0.2, -0.15) is 5.10 Å². The lowest BCUT2D eigenvalue weighted by atomic mass is 10.3. The van der Waals surface area contributed by atoms with Crippen LogP contribution in [-0.4, -0.2) is 16.0 Å². The molecule has 52 valence electrons. The van der Waals surface area contributed by atoms with E-state index in [1.165, 1.54) is 12.3 Å². The number of rotatable bonds is 2. The summed E-state index contributed by atoms with van der Waals surface area (Å²) in [4.78, 5) is 10.9. The van der Waals surface area contributed by atoms with E-state index in [2.05, 4.69) is 32.7 Å². The molecule has 0 bridgehead atoms. The molecule has 0 amide bonds. The third-order valence-electron chi connectivity index (χ3n) is 1.02. The second-order valence-corrected chi connectivity index (χ2v) is 2.52. The number of allylic oxidation sites excluding steroid dienone is 1. The quantitative estimate of drug-likeness (QED) is 0.582. The molecule has 0 saturated heterocycles. The summed E-state index contributed by atoms with van der Waals surface area (Å²) in [6, 6.07) is 0. The van der Waals surface area contributed by atoms with E-state index < -0.39 is 0 Å². The predicted molar refractivity (Wildman–Crippen MR) is 40.8 cm³/mol. The molecule has 1 rings (SSSR count). The Morgan fingerprint density at radius 3 is 3.00 bits per heavy atom. The van der Waals surface area contributed by atoms with Crippen LogP contribution in [0.15, 0.2) is 23.3 Å². The zero-order chi connectivity index (χ0) is 7.56. The van der Waals surface area contributed by atoms with Crippen molar-refractivity contribution in [2.75, 3.05) is 0 Å². The average molecular weight is 201 g/mol. The molecular formula is C6H5BrN2O. The summed E-state index contributed by atoms with van der Waals surface area (Å²) >= 11 is 3.15. The first-order chi connectivity index (χ1) is 4.75. The Balaban J connectivity index is 3.04. The third kappa shape index (κ3) is 1.16. The zero-order valence-electron chi connectivity index (χ0n) is 5.10. The first-order valence-electron chi connectivity index (χ1n) is 2.61. The zero-order valence-corrected chi connectivity index (χ0v) is 6.68. The van der Waals surface area contributed by atoms with Crippen LogP contribution < -0.4 is 0 Å². The first-order valence-corrected chi connectivity index (χ1v) is 3.40. The van der Waals surface area contributed by atoms with Crippen LogP contribution in [0.3, 0.4) is 0 Å². The van der Waals surface area contributed by atoms with Crippen molar-refractivity contribution in [3.8, 4) is 0 Å². The van der Waals surface area contributed by atoms with Crippen molar-refractivity contribution in [1.82, 2.24) is 10.2 Å². The Hall–Kier alpha value is -0.900. The van der Waals surface area contributed by atoms with Crippen molar-refractivity contribution < 1.29 is 4.79 Å². The normalized spacial score (nSPS) is 9.30. The van der Waals surface area contributed by atoms with E-state index >= 15 is 0 Å². The predicted octanol–water partition coefficient (Wildman–Crippen LogP) is 1.54. The van der Waals surface area contributed by atoms with Crippen LogP contribution in [0.1, 0.15) is 10.5 Å². The number of halogens is 1. The van der Waals surface area contributed by atoms with Crippen LogP contribution in [0.2, 0.25) is 0 Å². The lowest BCUT2D eigenvalue weighted by molar-refractivity contribution is 0.104. The first kappa shape index (κ1) is 7.21. The van der Waals surface area contributed by atoms with Crippen molar-refractivity contribution in [3.05, 3.63) is 29.0 Å². The summed E-state index contributed by atoms with van der Waals surface area (Å²) in [5.74, 6) is -0.163. The summed E-state index contributed by atoms with van der Waals surface area (Å²) in [5.41, 5.74) is 0.440. The van der Waals surface area contributed by atoms with E-state index in [9.17, 15) is 4.79 Å². The van der Waals surface area contributed by atoms with Crippen LogP contribution in [0, 0.1) is 0 Å². The van der Waals surface area contributed by atoms with E-state index in [4.69, 9.17) is 0 Å². The van der Waals surface area contributed by atoms with Gasteiger partial charge in [0.05, 0.1) is 10.7 Å². The van der Waals surface area contributed by atoms with Gasteiger partial charge in [-0.25, -0.2) is 0 Å². The van der Waals surface area contributed by atoms with Crippen molar-refractivity contribution in [3.63, 3.8) is 0 Å². The average Bonchev–Trinajstić information content (AvgIpc) is 2.34. The lowest BCUT2D eigenvalue weighted by Crippen LogP contribution is -1.94. The van der Waals surface area contributed by atoms with Crippen LogP contribution >= 0.6 is 15.9 Å². The molecule has 0 atom stereocenters. The van der Waals surface area contributed by atoms with Gasteiger partial charge in [-0.15, -0.1) is 0 Å². The SMILES string of the molecule is C=CC(=O)c1[nH]ncc1Br. The van der Waals surface area contributed by atoms with Crippen molar-refractivity contribution in [2.24, 2.45) is 0 Å². The van der Waals surface area contributed by atoms with Crippen LogP contribution in [0.4, 0.5) is 0 Å². The molecule has 0 unspecified atom stereocenters.